The van der Waals surface area contributed by atoms with E-state index in [1.165, 1.54) is 6.07 Å². The molecule has 6 nitrogen and oxygen atoms in total. The number of para-hydroxylation sites is 1. The monoisotopic (exact) mass is 320 g/mol. The lowest BCUT2D eigenvalue weighted by Gasteiger charge is -2.17. The van der Waals surface area contributed by atoms with Crippen LogP contribution in [0.1, 0.15) is 11.1 Å². The van der Waals surface area contributed by atoms with Crippen LogP contribution in [0.15, 0.2) is 42.5 Å². The summed E-state index contributed by atoms with van der Waals surface area (Å²) in [5.74, 6) is 0.0950. The number of hydrogen-bond acceptors (Lipinski definition) is 4. The zero-order chi connectivity index (χ0) is 15.7. The molecule has 1 heterocycles. The van der Waals surface area contributed by atoms with Crippen molar-refractivity contribution in [3.63, 3.8) is 0 Å². The van der Waals surface area contributed by atoms with Crippen molar-refractivity contribution >= 4 is 15.9 Å². The fourth-order valence-corrected chi connectivity index (χ4v) is 3.74. The van der Waals surface area contributed by atoms with E-state index in [9.17, 15) is 18.6 Å². The minimum atomic E-state index is -3.56. The Hall–Kier alpha value is -2.25. The summed E-state index contributed by atoms with van der Waals surface area (Å²) in [5, 5.41) is 19.9. The smallest absolute Gasteiger partial charge is 0.301 e. The van der Waals surface area contributed by atoms with Gasteiger partial charge in [-0.3, -0.25) is 4.31 Å². The van der Waals surface area contributed by atoms with Crippen LogP contribution in [0.3, 0.4) is 0 Å². The molecule has 0 saturated carbocycles. The minimum absolute atomic E-state index is 0.0970. The Kier molecular flexibility index (Phi) is 3.67. The van der Waals surface area contributed by atoms with E-state index in [1.807, 2.05) is 6.07 Å². The van der Waals surface area contributed by atoms with Crippen LogP contribution in [0.2, 0.25) is 0 Å². The molecular weight excluding hydrogens is 304 g/mol. The number of phenols is 2. The average Bonchev–Trinajstić information content (AvgIpc) is 2.81. The molecule has 1 aliphatic heterocycles. The lowest BCUT2D eigenvalue weighted by atomic mass is 10.0. The Morgan fingerprint density at radius 2 is 1.86 bits per heavy atom. The van der Waals surface area contributed by atoms with Gasteiger partial charge in [0.15, 0.2) is 0 Å². The van der Waals surface area contributed by atoms with E-state index >= 15 is 0 Å². The number of rotatable bonds is 3. The van der Waals surface area contributed by atoms with E-state index in [2.05, 4.69) is 4.72 Å². The normalized spacial score (nSPS) is 16.8. The van der Waals surface area contributed by atoms with Crippen molar-refractivity contribution in [2.24, 2.45) is 0 Å². The summed E-state index contributed by atoms with van der Waals surface area (Å²) in [6.45, 7) is 0.607. The van der Waals surface area contributed by atoms with Gasteiger partial charge in [-0.25, -0.2) is 0 Å². The molecule has 1 saturated heterocycles. The summed E-state index contributed by atoms with van der Waals surface area (Å²) >= 11 is 0. The quantitative estimate of drug-likeness (QED) is 0.796. The predicted octanol–water partition coefficient (Wildman–Crippen LogP) is 1.34. The second-order valence-electron chi connectivity index (χ2n) is 5.10. The van der Waals surface area contributed by atoms with E-state index in [-0.39, 0.29) is 23.7 Å². The van der Waals surface area contributed by atoms with Crippen molar-refractivity contribution in [1.82, 2.24) is 4.72 Å². The van der Waals surface area contributed by atoms with E-state index in [0.717, 1.165) is 15.4 Å². The van der Waals surface area contributed by atoms with Crippen molar-refractivity contribution in [3.05, 3.63) is 53.6 Å². The van der Waals surface area contributed by atoms with Gasteiger partial charge >= 0.3 is 10.2 Å². The highest BCUT2D eigenvalue weighted by Crippen LogP contribution is 2.32. The Morgan fingerprint density at radius 3 is 2.50 bits per heavy atom. The standard InChI is InChI=1S/C15H16N2O4S/c18-14-4-2-1-3-12(14)9-11-5-6-13(15(19)10-11)17-8-7-16-22(17,20)21/h1-6,10,16,18-19H,7-9H2. The first-order valence-electron chi connectivity index (χ1n) is 6.83. The summed E-state index contributed by atoms with van der Waals surface area (Å²) in [7, 11) is -3.56. The van der Waals surface area contributed by atoms with Gasteiger partial charge in [-0.2, -0.15) is 13.1 Å². The largest absolute Gasteiger partial charge is 0.508 e. The third-order valence-electron chi connectivity index (χ3n) is 3.58. The molecule has 0 spiro atoms. The summed E-state index contributed by atoms with van der Waals surface area (Å²) in [4.78, 5) is 0. The molecule has 7 heteroatoms. The van der Waals surface area contributed by atoms with Crippen LogP contribution in [0.25, 0.3) is 0 Å². The van der Waals surface area contributed by atoms with Crippen LogP contribution in [0, 0.1) is 0 Å². The second-order valence-corrected chi connectivity index (χ2v) is 6.78. The maximum atomic E-state index is 11.8. The zero-order valence-electron chi connectivity index (χ0n) is 11.7. The Labute approximate surface area is 128 Å². The molecule has 2 aromatic rings. The van der Waals surface area contributed by atoms with Crippen molar-refractivity contribution in [2.75, 3.05) is 17.4 Å². The Morgan fingerprint density at radius 1 is 1.09 bits per heavy atom. The maximum absolute atomic E-state index is 11.8. The van der Waals surface area contributed by atoms with Crippen molar-refractivity contribution in [2.45, 2.75) is 6.42 Å². The lowest BCUT2D eigenvalue weighted by molar-refractivity contribution is 0.468. The Bertz CT molecular complexity index is 805. The van der Waals surface area contributed by atoms with Gasteiger partial charge in [0, 0.05) is 19.5 Å². The maximum Gasteiger partial charge on any atom is 0.301 e. The molecule has 2 aromatic carbocycles. The van der Waals surface area contributed by atoms with E-state index in [0.29, 0.717) is 13.0 Å². The number of benzene rings is 2. The fraction of sp³-hybridized carbons (Fsp3) is 0.200. The highest BCUT2D eigenvalue weighted by atomic mass is 32.2. The first-order chi connectivity index (χ1) is 10.5. The van der Waals surface area contributed by atoms with Crippen LogP contribution in [-0.4, -0.2) is 31.7 Å². The van der Waals surface area contributed by atoms with E-state index < -0.39 is 10.2 Å². The van der Waals surface area contributed by atoms with Gasteiger partial charge in [-0.05, 0) is 29.3 Å². The number of phenolic OH excluding ortho intramolecular Hbond substituents is 2. The first kappa shape index (κ1) is 14.7. The minimum Gasteiger partial charge on any atom is -0.508 e. The van der Waals surface area contributed by atoms with Crippen molar-refractivity contribution in [1.29, 1.82) is 0 Å². The number of aromatic hydroxyl groups is 2. The van der Waals surface area contributed by atoms with Gasteiger partial charge < -0.3 is 10.2 Å². The van der Waals surface area contributed by atoms with Gasteiger partial charge in [0.2, 0.25) is 0 Å². The summed E-state index contributed by atoms with van der Waals surface area (Å²) < 4.78 is 27.1. The summed E-state index contributed by atoms with van der Waals surface area (Å²) in [5.41, 5.74) is 1.78. The van der Waals surface area contributed by atoms with Crippen molar-refractivity contribution < 1.29 is 18.6 Å². The molecule has 0 bridgehead atoms. The highest BCUT2D eigenvalue weighted by Gasteiger charge is 2.29. The van der Waals surface area contributed by atoms with Crippen LogP contribution in [0.4, 0.5) is 5.69 Å². The van der Waals surface area contributed by atoms with Gasteiger partial charge in [0.25, 0.3) is 0 Å². The Balaban J connectivity index is 1.88. The van der Waals surface area contributed by atoms with Gasteiger partial charge in [-0.15, -0.1) is 0 Å². The molecule has 1 aliphatic rings. The topological polar surface area (TPSA) is 89.9 Å². The molecule has 1 fully saturated rings. The molecule has 0 aliphatic carbocycles. The highest BCUT2D eigenvalue weighted by molar-refractivity contribution is 7.91. The molecule has 3 N–H and O–H groups in total. The third-order valence-corrected chi connectivity index (χ3v) is 5.11. The van der Waals surface area contributed by atoms with Gasteiger partial charge in [0.05, 0.1) is 5.69 Å². The molecule has 0 atom stereocenters. The number of nitrogens with zero attached hydrogens (tertiary/aromatic N) is 1. The zero-order valence-corrected chi connectivity index (χ0v) is 12.5. The summed E-state index contributed by atoms with van der Waals surface area (Å²) in [6, 6.07) is 11.8. The van der Waals surface area contributed by atoms with Gasteiger partial charge in [0.1, 0.15) is 11.5 Å². The second kappa shape index (κ2) is 5.51. The first-order valence-corrected chi connectivity index (χ1v) is 8.27. The molecule has 0 aromatic heterocycles. The molecule has 22 heavy (non-hydrogen) atoms. The molecule has 116 valence electrons. The molecule has 0 radical (unpaired) electrons. The van der Waals surface area contributed by atoms with Crippen LogP contribution < -0.4 is 9.03 Å². The number of anilines is 1. The van der Waals surface area contributed by atoms with E-state index in [4.69, 9.17) is 0 Å². The van der Waals surface area contributed by atoms with Crippen LogP contribution in [0.5, 0.6) is 11.5 Å². The number of hydrogen-bond donors (Lipinski definition) is 3. The summed E-state index contributed by atoms with van der Waals surface area (Å²) in [6.07, 6.45) is 0.450. The SMILES string of the molecule is O=S1(=O)NCCN1c1ccc(Cc2ccccc2O)cc1O. The van der Waals surface area contributed by atoms with Crippen LogP contribution in [-0.2, 0) is 16.6 Å². The van der Waals surface area contributed by atoms with Crippen LogP contribution >= 0.6 is 0 Å². The third kappa shape index (κ3) is 2.72. The predicted molar refractivity (Wildman–Crippen MR) is 83.3 cm³/mol. The van der Waals surface area contributed by atoms with Crippen molar-refractivity contribution in [3.8, 4) is 11.5 Å². The van der Waals surface area contributed by atoms with E-state index in [1.54, 1.807) is 30.3 Å². The van der Waals surface area contributed by atoms with Gasteiger partial charge in [-0.1, -0.05) is 24.3 Å². The fourth-order valence-electron chi connectivity index (χ4n) is 2.49. The molecule has 0 amide bonds. The molecule has 3 rings (SSSR count). The number of nitrogens with one attached hydrogen (secondary N) is 1. The average molecular weight is 320 g/mol. The lowest BCUT2D eigenvalue weighted by Crippen LogP contribution is -2.29. The molecular formula is C15H16N2O4S. The molecule has 0 unspecified atom stereocenters.